The quantitative estimate of drug-likeness (QED) is 0.703. The van der Waals surface area contributed by atoms with E-state index in [1.165, 1.54) is 18.3 Å². The summed E-state index contributed by atoms with van der Waals surface area (Å²) in [6.07, 6.45) is -0.941. The first-order chi connectivity index (χ1) is 12.0. The first-order valence-corrected chi connectivity index (χ1v) is 8.62. The number of hydrogen-bond acceptors (Lipinski definition) is 4. The zero-order chi connectivity index (χ0) is 17.8. The molecule has 0 aliphatic rings. The fourth-order valence-corrected chi connectivity index (χ4v) is 3.23. The molecule has 0 saturated carbocycles. The molecule has 2 aromatic carbocycles. The van der Waals surface area contributed by atoms with Gasteiger partial charge in [0.1, 0.15) is 4.88 Å². The van der Waals surface area contributed by atoms with Crippen LogP contribution >= 0.6 is 11.3 Å². The second-order valence-electron chi connectivity index (χ2n) is 5.56. The molecule has 1 amide bonds. The van der Waals surface area contributed by atoms with Crippen molar-refractivity contribution >= 4 is 23.2 Å². The van der Waals surface area contributed by atoms with Gasteiger partial charge in [-0.25, -0.2) is 4.79 Å². The van der Waals surface area contributed by atoms with E-state index >= 15 is 0 Å². The van der Waals surface area contributed by atoms with Gasteiger partial charge < -0.3 is 10.5 Å². The molecule has 0 unspecified atom stereocenters. The van der Waals surface area contributed by atoms with E-state index in [0.29, 0.717) is 4.88 Å². The van der Waals surface area contributed by atoms with Gasteiger partial charge in [0.2, 0.25) is 0 Å². The first kappa shape index (κ1) is 16.9. The number of benzene rings is 2. The van der Waals surface area contributed by atoms with Crippen molar-refractivity contribution in [1.82, 2.24) is 0 Å². The van der Waals surface area contributed by atoms with Crippen molar-refractivity contribution in [3.05, 3.63) is 71.6 Å². The van der Waals surface area contributed by atoms with Crippen molar-refractivity contribution in [1.29, 1.82) is 0 Å². The Hall–Kier alpha value is -2.92. The van der Waals surface area contributed by atoms with Gasteiger partial charge in [0.15, 0.2) is 6.10 Å². The molecule has 3 aromatic rings. The van der Waals surface area contributed by atoms with Crippen molar-refractivity contribution in [2.45, 2.75) is 13.0 Å². The molecule has 1 atom stereocenters. The highest BCUT2D eigenvalue weighted by Gasteiger charge is 2.18. The van der Waals surface area contributed by atoms with Crippen molar-refractivity contribution in [3.63, 3.8) is 0 Å². The predicted octanol–water partition coefficient (Wildman–Crippen LogP) is 4.11. The van der Waals surface area contributed by atoms with Gasteiger partial charge in [0.25, 0.3) is 5.91 Å². The van der Waals surface area contributed by atoms with Crippen LogP contribution in [0, 0.1) is 0 Å². The maximum atomic E-state index is 12.0. The van der Waals surface area contributed by atoms with Crippen LogP contribution < -0.4 is 5.73 Å². The number of carbonyl (C=O) groups is 2. The Morgan fingerprint density at radius 3 is 2.12 bits per heavy atom. The smallest absolute Gasteiger partial charge is 0.349 e. The van der Waals surface area contributed by atoms with E-state index in [9.17, 15) is 9.59 Å². The summed E-state index contributed by atoms with van der Waals surface area (Å²) in [5.74, 6) is -1.20. The van der Waals surface area contributed by atoms with Crippen LogP contribution in [0.25, 0.3) is 21.6 Å². The first-order valence-electron chi connectivity index (χ1n) is 7.80. The van der Waals surface area contributed by atoms with Crippen LogP contribution in [-0.2, 0) is 9.53 Å². The van der Waals surface area contributed by atoms with Crippen LogP contribution in [0.15, 0.2) is 66.7 Å². The second-order valence-corrected chi connectivity index (χ2v) is 6.64. The number of primary amides is 1. The fraction of sp³-hybridized carbons (Fsp3) is 0.100. The minimum Gasteiger partial charge on any atom is -0.448 e. The van der Waals surface area contributed by atoms with Gasteiger partial charge >= 0.3 is 5.97 Å². The molecule has 0 saturated heterocycles. The summed E-state index contributed by atoms with van der Waals surface area (Å²) in [5, 5.41) is 0. The van der Waals surface area contributed by atoms with Gasteiger partial charge in [-0.2, -0.15) is 0 Å². The number of ether oxygens (including phenoxy) is 1. The standard InChI is InChI=1S/C20H17NO3S/c1-13(19(21)22)24-20(23)18-12-11-17(25-18)16-9-7-15(8-10-16)14-5-3-2-4-6-14/h2-13H,1H3,(H2,21,22)/t13-/m0/s1. The number of thiophene rings is 1. The van der Waals surface area contributed by atoms with Gasteiger partial charge in [0, 0.05) is 4.88 Å². The summed E-state index contributed by atoms with van der Waals surface area (Å²) in [5.41, 5.74) is 8.42. The molecule has 0 aliphatic heterocycles. The summed E-state index contributed by atoms with van der Waals surface area (Å²) < 4.78 is 5.02. The maximum Gasteiger partial charge on any atom is 0.349 e. The molecule has 0 aliphatic carbocycles. The van der Waals surface area contributed by atoms with Crippen molar-refractivity contribution in [2.24, 2.45) is 5.73 Å². The minimum atomic E-state index is -0.941. The molecule has 0 bridgehead atoms. The highest BCUT2D eigenvalue weighted by molar-refractivity contribution is 7.17. The van der Waals surface area contributed by atoms with Crippen LogP contribution in [0.1, 0.15) is 16.6 Å². The van der Waals surface area contributed by atoms with Crippen LogP contribution in [0.5, 0.6) is 0 Å². The molecule has 25 heavy (non-hydrogen) atoms. The molecule has 3 rings (SSSR count). The molecule has 0 spiro atoms. The van der Waals surface area contributed by atoms with E-state index in [-0.39, 0.29) is 0 Å². The average Bonchev–Trinajstić information content (AvgIpc) is 3.13. The van der Waals surface area contributed by atoms with Crippen molar-refractivity contribution in [2.75, 3.05) is 0 Å². The van der Waals surface area contributed by atoms with E-state index in [1.54, 1.807) is 6.07 Å². The van der Waals surface area contributed by atoms with Gasteiger partial charge in [-0.1, -0.05) is 54.6 Å². The summed E-state index contributed by atoms with van der Waals surface area (Å²) >= 11 is 1.32. The largest absolute Gasteiger partial charge is 0.448 e. The zero-order valence-corrected chi connectivity index (χ0v) is 14.5. The minimum absolute atomic E-state index is 0.440. The second kappa shape index (κ2) is 7.32. The fourth-order valence-electron chi connectivity index (χ4n) is 2.34. The number of rotatable bonds is 5. The molecule has 5 heteroatoms. The molecular formula is C20H17NO3S. The number of esters is 1. The Morgan fingerprint density at radius 1 is 0.880 bits per heavy atom. The average molecular weight is 351 g/mol. The SMILES string of the molecule is C[C@H](OC(=O)c1ccc(-c2ccc(-c3ccccc3)cc2)s1)C(N)=O. The Morgan fingerprint density at radius 2 is 1.48 bits per heavy atom. The molecule has 0 radical (unpaired) electrons. The Bertz CT molecular complexity index is 885. The lowest BCUT2D eigenvalue weighted by atomic mass is 10.0. The summed E-state index contributed by atoms with van der Waals surface area (Å²) in [7, 11) is 0. The van der Waals surface area contributed by atoms with Gasteiger partial charge in [-0.15, -0.1) is 11.3 Å². The van der Waals surface area contributed by atoms with E-state index < -0.39 is 18.0 Å². The molecular weight excluding hydrogens is 334 g/mol. The summed E-state index contributed by atoms with van der Waals surface area (Å²) in [6.45, 7) is 1.46. The van der Waals surface area contributed by atoms with Crippen molar-refractivity contribution in [3.8, 4) is 21.6 Å². The number of hydrogen-bond donors (Lipinski definition) is 1. The van der Waals surface area contributed by atoms with E-state index in [0.717, 1.165) is 21.6 Å². The Balaban J connectivity index is 1.76. The zero-order valence-electron chi connectivity index (χ0n) is 13.6. The topological polar surface area (TPSA) is 69.4 Å². The Labute approximate surface area is 149 Å². The third kappa shape index (κ3) is 3.95. The maximum absolute atomic E-state index is 12.0. The van der Waals surface area contributed by atoms with E-state index in [4.69, 9.17) is 10.5 Å². The summed E-state index contributed by atoms with van der Waals surface area (Å²) in [6, 6.07) is 21.8. The van der Waals surface area contributed by atoms with Crippen LogP contribution in [0.3, 0.4) is 0 Å². The van der Waals surface area contributed by atoms with Gasteiger partial charge in [0.05, 0.1) is 0 Å². The molecule has 1 aromatic heterocycles. The third-order valence-electron chi connectivity index (χ3n) is 3.77. The van der Waals surface area contributed by atoms with Crippen LogP contribution in [0.2, 0.25) is 0 Å². The number of nitrogens with two attached hydrogens (primary N) is 1. The molecule has 126 valence electrons. The van der Waals surface area contributed by atoms with E-state index in [2.05, 4.69) is 24.3 Å². The predicted molar refractivity (Wildman–Crippen MR) is 99.3 cm³/mol. The molecule has 4 nitrogen and oxygen atoms in total. The summed E-state index contributed by atoms with van der Waals surface area (Å²) in [4.78, 5) is 24.4. The lowest BCUT2D eigenvalue weighted by Crippen LogP contribution is -2.30. The van der Waals surface area contributed by atoms with Crippen LogP contribution in [-0.4, -0.2) is 18.0 Å². The molecule has 2 N–H and O–H groups in total. The van der Waals surface area contributed by atoms with Gasteiger partial charge in [-0.3, -0.25) is 4.79 Å². The molecule has 1 heterocycles. The normalized spacial score (nSPS) is 11.7. The molecule has 0 fully saturated rings. The van der Waals surface area contributed by atoms with Crippen molar-refractivity contribution < 1.29 is 14.3 Å². The Kier molecular flexibility index (Phi) is 4.95. The highest BCUT2D eigenvalue weighted by Crippen LogP contribution is 2.30. The van der Waals surface area contributed by atoms with Crippen LogP contribution in [0.4, 0.5) is 0 Å². The number of amides is 1. The third-order valence-corrected chi connectivity index (χ3v) is 4.88. The highest BCUT2D eigenvalue weighted by atomic mass is 32.1. The lowest BCUT2D eigenvalue weighted by molar-refractivity contribution is -0.125. The van der Waals surface area contributed by atoms with E-state index in [1.807, 2.05) is 36.4 Å². The van der Waals surface area contributed by atoms with Gasteiger partial charge in [-0.05, 0) is 35.7 Å². The monoisotopic (exact) mass is 351 g/mol. The lowest BCUT2D eigenvalue weighted by Gasteiger charge is -2.07. The number of carbonyl (C=O) groups excluding carboxylic acids is 2.